The number of fused-ring (bicyclic) bond motifs is 1. The third-order valence-corrected chi connectivity index (χ3v) is 6.68. The van der Waals surface area contributed by atoms with Crippen LogP contribution < -0.4 is 4.90 Å². The molecule has 0 amide bonds. The molecule has 3 heterocycles. The zero-order chi connectivity index (χ0) is 22.8. The summed E-state index contributed by atoms with van der Waals surface area (Å²) in [6.07, 6.45) is -2.63. The fraction of sp³-hybridized carbons (Fsp3) is 0.450. The van der Waals surface area contributed by atoms with Gasteiger partial charge in [0, 0.05) is 39.5 Å². The largest absolute Gasteiger partial charge is 0.361 e. The predicted octanol–water partition coefficient (Wildman–Crippen LogP) is 5.46. The molecule has 0 saturated carbocycles. The standard InChI is InChI=1S/C20H25ClF3N5OSi/c1-28(19(24)18(22)23)20-25-6-5-14(27-20)16-9-13-11-26-17(21)10-15(13)29(16)12-30-7-8-31(2,3)4/h5-6,9-11,18-19H,7-8,12H2,1-4H3. The van der Waals surface area contributed by atoms with Gasteiger partial charge in [0.05, 0.1) is 16.9 Å². The highest BCUT2D eigenvalue weighted by Gasteiger charge is 2.26. The topological polar surface area (TPSA) is 56.1 Å². The Hall–Kier alpha value is -2.17. The highest BCUT2D eigenvalue weighted by atomic mass is 35.5. The fourth-order valence-corrected chi connectivity index (χ4v) is 3.87. The summed E-state index contributed by atoms with van der Waals surface area (Å²) in [7, 11) is -0.0588. The highest BCUT2D eigenvalue weighted by Crippen LogP contribution is 2.29. The highest BCUT2D eigenvalue weighted by molar-refractivity contribution is 6.76. The molecule has 0 aliphatic heterocycles. The molecule has 31 heavy (non-hydrogen) atoms. The Kier molecular flexibility index (Phi) is 7.23. The summed E-state index contributed by atoms with van der Waals surface area (Å²) in [5.41, 5.74) is 1.91. The molecular formula is C20H25ClF3N5OSi. The number of rotatable bonds is 9. The number of nitrogens with zero attached hydrogens (tertiary/aromatic N) is 5. The van der Waals surface area contributed by atoms with E-state index in [9.17, 15) is 13.2 Å². The summed E-state index contributed by atoms with van der Waals surface area (Å²) >= 11 is 6.09. The van der Waals surface area contributed by atoms with Gasteiger partial charge in [-0.05, 0) is 24.2 Å². The molecule has 3 aromatic heterocycles. The van der Waals surface area contributed by atoms with Gasteiger partial charge in [0.2, 0.25) is 12.2 Å². The first-order valence-electron chi connectivity index (χ1n) is 9.78. The molecule has 0 aromatic carbocycles. The Bertz CT molecular complexity index is 1040. The van der Waals surface area contributed by atoms with E-state index in [1.54, 1.807) is 18.3 Å². The summed E-state index contributed by atoms with van der Waals surface area (Å²) in [6.45, 7) is 7.68. The van der Waals surface area contributed by atoms with Crippen molar-refractivity contribution in [3.8, 4) is 11.4 Å². The Morgan fingerprint density at radius 3 is 2.61 bits per heavy atom. The number of hydrogen-bond acceptors (Lipinski definition) is 5. The second-order valence-electron chi connectivity index (χ2n) is 8.43. The van der Waals surface area contributed by atoms with Crippen molar-refractivity contribution in [2.24, 2.45) is 0 Å². The number of ether oxygens (including phenoxy) is 1. The summed E-state index contributed by atoms with van der Waals surface area (Å²) in [5.74, 6) is -0.141. The number of aromatic nitrogens is 4. The van der Waals surface area contributed by atoms with Crippen LogP contribution >= 0.6 is 11.6 Å². The molecule has 168 valence electrons. The second kappa shape index (κ2) is 9.54. The first-order valence-corrected chi connectivity index (χ1v) is 13.9. The zero-order valence-corrected chi connectivity index (χ0v) is 19.6. The van der Waals surface area contributed by atoms with Gasteiger partial charge in [0.25, 0.3) is 6.43 Å². The molecule has 0 radical (unpaired) electrons. The van der Waals surface area contributed by atoms with Crippen LogP contribution in [0.3, 0.4) is 0 Å². The minimum absolute atomic E-state index is 0.141. The smallest absolute Gasteiger partial charge is 0.287 e. The second-order valence-corrected chi connectivity index (χ2v) is 14.4. The number of anilines is 1. The summed E-state index contributed by atoms with van der Waals surface area (Å²) < 4.78 is 47.2. The van der Waals surface area contributed by atoms with E-state index in [1.165, 1.54) is 13.2 Å². The minimum atomic E-state index is -3.17. The van der Waals surface area contributed by atoms with Crippen LogP contribution in [0.15, 0.2) is 30.6 Å². The molecule has 11 heteroatoms. The van der Waals surface area contributed by atoms with Crippen LogP contribution in [-0.2, 0) is 11.5 Å². The SMILES string of the molecule is CN(c1nccc(-c2cc3cnc(Cl)cc3n2COCC[Si](C)(C)C)n1)C(F)C(F)F. The van der Waals surface area contributed by atoms with Crippen molar-refractivity contribution in [1.29, 1.82) is 0 Å². The van der Waals surface area contributed by atoms with Crippen molar-refractivity contribution in [2.75, 3.05) is 18.6 Å². The van der Waals surface area contributed by atoms with E-state index in [4.69, 9.17) is 16.3 Å². The molecule has 0 saturated heterocycles. The van der Waals surface area contributed by atoms with E-state index in [0.29, 0.717) is 28.0 Å². The Labute approximate surface area is 185 Å². The minimum Gasteiger partial charge on any atom is -0.361 e. The first-order chi connectivity index (χ1) is 14.6. The van der Waals surface area contributed by atoms with E-state index >= 15 is 0 Å². The van der Waals surface area contributed by atoms with Crippen LogP contribution in [0.5, 0.6) is 0 Å². The average Bonchev–Trinajstić information content (AvgIpc) is 3.07. The molecule has 0 fully saturated rings. The van der Waals surface area contributed by atoms with E-state index in [0.717, 1.165) is 16.9 Å². The quantitative estimate of drug-likeness (QED) is 0.179. The Morgan fingerprint density at radius 1 is 1.19 bits per heavy atom. The molecule has 0 spiro atoms. The van der Waals surface area contributed by atoms with Gasteiger partial charge in [-0.3, -0.25) is 0 Å². The lowest BCUT2D eigenvalue weighted by Crippen LogP contribution is -2.34. The lowest BCUT2D eigenvalue weighted by atomic mass is 10.2. The van der Waals surface area contributed by atoms with Crippen LogP contribution in [0.1, 0.15) is 0 Å². The predicted molar refractivity (Wildman–Crippen MR) is 119 cm³/mol. The molecule has 1 atom stereocenters. The number of halogens is 4. The fourth-order valence-electron chi connectivity index (χ4n) is 2.96. The summed E-state index contributed by atoms with van der Waals surface area (Å²) in [4.78, 5) is 13.1. The molecule has 0 aliphatic rings. The molecular weight excluding hydrogens is 447 g/mol. The first kappa shape index (κ1) is 23.5. The van der Waals surface area contributed by atoms with E-state index in [1.807, 2.05) is 10.6 Å². The van der Waals surface area contributed by atoms with Crippen molar-refractivity contribution in [2.45, 2.75) is 45.1 Å². The Balaban J connectivity index is 1.97. The van der Waals surface area contributed by atoms with E-state index in [2.05, 4.69) is 34.6 Å². The lowest BCUT2D eigenvalue weighted by molar-refractivity contribution is 0.0501. The van der Waals surface area contributed by atoms with Crippen LogP contribution in [0.2, 0.25) is 30.8 Å². The van der Waals surface area contributed by atoms with Crippen molar-refractivity contribution in [3.63, 3.8) is 0 Å². The summed E-state index contributed by atoms with van der Waals surface area (Å²) in [5, 5.41) is 1.15. The van der Waals surface area contributed by atoms with Crippen molar-refractivity contribution in [1.82, 2.24) is 19.5 Å². The number of pyridine rings is 1. The normalized spacial score (nSPS) is 13.2. The lowest BCUT2D eigenvalue weighted by Gasteiger charge is -2.21. The van der Waals surface area contributed by atoms with Gasteiger partial charge >= 0.3 is 0 Å². The zero-order valence-electron chi connectivity index (χ0n) is 17.8. The molecule has 0 aliphatic carbocycles. The van der Waals surface area contributed by atoms with Crippen molar-refractivity contribution in [3.05, 3.63) is 35.7 Å². The van der Waals surface area contributed by atoms with Crippen LogP contribution in [-0.4, -0.2) is 54.0 Å². The number of alkyl halides is 3. The molecule has 3 rings (SSSR count). The van der Waals surface area contributed by atoms with E-state index in [-0.39, 0.29) is 12.7 Å². The maximum atomic E-state index is 13.8. The van der Waals surface area contributed by atoms with Crippen molar-refractivity contribution >= 4 is 36.5 Å². The maximum Gasteiger partial charge on any atom is 0.287 e. The average molecular weight is 472 g/mol. The van der Waals surface area contributed by atoms with Crippen LogP contribution in [0.4, 0.5) is 19.1 Å². The van der Waals surface area contributed by atoms with Gasteiger partial charge in [-0.1, -0.05) is 31.2 Å². The maximum absolute atomic E-state index is 13.8. The number of hydrogen-bond donors (Lipinski definition) is 0. The van der Waals surface area contributed by atoms with Gasteiger partial charge in [0.15, 0.2) is 0 Å². The molecule has 1 unspecified atom stereocenters. The van der Waals surface area contributed by atoms with Crippen molar-refractivity contribution < 1.29 is 17.9 Å². The molecule has 0 N–H and O–H groups in total. The van der Waals surface area contributed by atoms with E-state index < -0.39 is 20.8 Å². The molecule has 0 bridgehead atoms. The summed E-state index contributed by atoms with van der Waals surface area (Å²) in [6, 6.07) is 6.23. The van der Waals surface area contributed by atoms with Gasteiger partial charge in [0.1, 0.15) is 11.9 Å². The van der Waals surface area contributed by atoms with Gasteiger partial charge < -0.3 is 14.2 Å². The van der Waals surface area contributed by atoms with Crippen LogP contribution in [0.25, 0.3) is 22.3 Å². The third-order valence-electron chi connectivity index (χ3n) is 4.77. The molecule has 6 nitrogen and oxygen atoms in total. The van der Waals surface area contributed by atoms with Crippen LogP contribution in [0, 0.1) is 0 Å². The van der Waals surface area contributed by atoms with Gasteiger partial charge in [-0.25, -0.2) is 28.1 Å². The van der Waals surface area contributed by atoms with Gasteiger partial charge in [-0.2, -0.15) is 0 Å². The monoisotopic (exact) mass is 471 g/mol. The van der Waals surface area contributed by atoms with Gasteiger partial charge in [-0.15, -0.1) is 0 Å². The molecule has 3 aromatic rings. The third kappa shape index (κ3) is 5.75. The Morgan fingerprint density at radius 2 is 1.94 bits per heavy atom.